The number of nitrogens with zero attached hydrogens (tertiary/aromatic N) is 1. The molecule has 11 heavy (non-hydrogen) atoms. The molecule has 1 aliphatic heterocycles. The Morgan fingerprint density at radius 2 is 1.82 bits per heavy atom. The van der Waals surface area contributed by atoms with E-state index >= 15 is 0 Å². The number of likely N-dealkylation sites (tertiary alicyclic amines) is 1. The van der Waals surface area contributed by atoms with Gasteiger partial charge in [-0.2, -0.15) is 0 Å². The zero-order chi connectivity index (χ0) is 7.84. The summed E-state index contributed by atoms with van der Waals surface area (Å²) in [5.74, 6) is 1.37. The molecule has 0 radical (unpaired) electrons. The fraction of sp³-hybridized carbons (Fsp3) is 0.875. The monoisotopic (exact) mass is 155 g/mol. The number of hydrogen-bond acceptors (Lipinski definition) is 1. The second kappa shape index (κ2) is 2.40. The minimum atomic E-state index is -0.737. The lowest BCUT2D eigenvalue weighted by Gasteiger charge is -2.11. The molecule has 0 aromatic heterocycles. The molecule has 2 aliphatic rings. The summed E-state index contributed by atoms with van der Waals surface area (Å²) in [7, 11) is 0. The third kappa shape index (κ3) is 1.08. The maximum Gasteiger partial charge on any atom is 0.407 e. The van der Waals surface area contributed by atoms with Crippen molar-refractivity contribution in [2.24, 2.45) is 11.8 Å². The van der Waals surface area contributed by atoms with Gasteiger partial charge in [0.25, 0.3) is 0 Å². The first-order valence-corrected chi connectivity index (χ1v) is 4.25. The lowest BCUT2D eigenvalue weighted by atomic mass is 10.0. The van der Waals surface area contributed by atoms with Crippen LogP contribution in [0.3, 0.4) is 0 Å². The van der Waals surface area contributed by atoms with Gasteiger partial charge in [0.05, 0.1) is 0 Å². The zero-order valence-corrected chi connectivity index (χ0v) is 6.49. The van der Waals surface area contributed by atoms with Gasteiger partial charge in [-0.05, 0) is 24.7 Å². The molecule has 3 heteroatoms. The molecule has 1 N–H and O–H groups in total. The van der Waals surface area contributed by atoms with Crippen LogP contribution in [-0.2, 0) is 0 Å². The molecular formula is C8H13NO2. The minimum Gasteiger partial charge on any atom is -0.465 e. The molecule has 1 saturated carbocycles. The second-order valence-corrected chi connectivity index (χ2v) is 3.64. The maximum absolute atomic E-state index is 10.6. The van der Waals surface area contributed by atoms with Crippen LogP contribution in [-0.4, -0.2) is 29.2 Å². The van der Waals surface area contributed by atoms with Gasteiger partial charge in [0, 0.05) is 13.1 Å². The van der Waals surface area contributed by atoms with Gasteiger partial charge in [0.15, 0.2) is 0 Å². The zero-order valence-electron chi connectivity index (χ0n) is 6.49. The molecule has 62 valence electrons. The molecule has 1 heterocycles. The Kier molecular flexibility index (Phi) is 1.51. The van der Waals surface area contributed by atoms with E-state index in [1.165, 1.54) is 19.3 Å². The Morgan fingerprint density at radius 1 is 1.27 bits per heavy atom. The fourth-order valence-corrected chi connectivity index (χ4v) is 2.39. The first-order chi connectivity index (χ1) is 5.27. The lowest BCUT2D eigenvalue weighted by Crippen LogP contribution is -2.27. The standard InChI is InChI=1S/C8H13NO2/c10-8(11)9-4-6-2-1-3-7(6)5-9/h6-7H,1-5H2,(H,10,11). The van der Waals surface area contributed by atoms with E-state index < -0.39 is 6.09 Å². The third-order valence-corrected chi connectivity index (χ3v) is 3.00. The fourth-order valence-electron chi connectivity index (χ4n) is 2.39. The molecular weight excluding hydrogens is 142 g/mol. The largest absolute Gasteiger partial charge is 0.465 e. The molecule has 1 saturated heterocycles. The summed E-state index contributed by atoms with van der Waals surface area (Å²) in [6.07, 6.45) is 3.06. The normalized spacial score (nSPS) is 35.8. The van der Waals surface area contributed by atoms with Gasteiger partial charge >= 0.3 is 6.09 Å². The third-order valence-electron chi connectivity index (χ3n) is 3.00. The number of carbonyl (C=O) groups is 1. The van der Waals surface area contributed by atoms with Crippen molar-refractivity contribution in [3.05, 3.63) is 0 Å². The van der Waals surface area contributed by atoms with Crippen molar-refractivity contribution in [2.45, 2.75) is 19.3 Å². The van der Waals surface area contributed by atoms with Crippen LogP contribution in [0.4, 0.5) is 4.79 Å². The predicted molar refractivity (Wildman–Crippen MR) is 40.4 cm³/mol. The average molecular weight is 155 g/mol. The summed E-state index contributed by atoms with van der Waals surface area (Å²) >= 11 is 0. The summed E-state index contributed by atoms with van der Waals surface area (Å²) in [6.45, 7) is 1.58. The van der Waals surface area contributed by atoms with Crippen LogP contribution >= 0.6 is 0 Å². The van der Waals surface area contributed by atoms with Gasteiger partial charge in [-0.25, -0.2) is 4.79 Å². The van der Waals surface area contributed by atoms with Crippen LogP contribution in [0.5, 0.6) is 0 Å². The van der Waals surface area contributed by atoms with E-state index in [1.54, 1.807) is 4.90 Å². The van der Waals surface area contributed by atoms with Crippen LogP contribution in [0.2, 0.25) is 0 Å². The van der Waals surface area contributed by atoms with Crippen LogP contribution < -0.4 is 0 Å². The van der Waals surface area contributed by atoms with Gasteiger partial charge in [-0.15, -0.1) is 0 Å². The van der Waals surface area contributed by atoms with E-state index in [1.807, 2.05) is 0 Å². The summed E-state index contributed by atoms with van der Waals surface area (Å²) in [5, 5.41) is 8.69. The van der Waals surface area contributed by atoms with Gasteiger partial charge in [-0.1, -0.05) is 6.42 Å². The molecule has 1 aliphatic carbocycles. The van der Waals surface area contributed by atoms with Crippen molar-refractivity contribution in [2.75, 3.05) is 13.1 Å². The Labute approximate surface area is 66.0 Å². The highest BCUT2D eigenvalue weighted by atomic mass is 16.4. The van der Waals surface area contributed by atoms with E-state index in [0.29, 0.717) is 11.8 Å². The van der Waals surface area contributed by atoms with E-state index in [4.69, 9.17) is 5.11 Å². The van der Waals surface area contributed by atoms with Gasteiger partial charge in [0.1, 0.15) is 0 Å². The van der Waals surface area contributed by atoms with E-state index in [2.05, 4.69) is 0 Å². The number of fused-ring (bicyclic) bond motifs is 1. The van der Waals surface area contributed by atoms with Crippen molar-refractivity contribution >= 4 is 6.09 Å². The van der Waals surface area contributed by atoms with Crippen LogP contribution in [0, 0.1) is 11.8 Å². The second-order valence-electron chi connectivity index (χ2n) is 3.64. The lowest BCUT2D eigenvalue weighted by molar-refractivity contribution is 0.152. The van der Waals surface area contributed by atoms with Crippen molar-refractivity contribution in [1.82, 2.24) is 4.90 Å². The Morgan fingerprint density at radius 3 is 2.27 bits per heavy atom. The summed E-state index contributed by atoms with van der Waals surface area (Å²) in [6, 6.07) is 0. The van der Waals surface area contributed by atoms with E-state index in [0.717, 1.165) is 13.1 Å². The molecule has 0 spiro atoms. The summed E-state index contributed by atoms with van der Waals surface area (Å²) in [5.41, 5.74) is 0. The highest BCUT2D eigenvalue weighted by molar-refractivity contribution is 5.65. The SMILES string of the molecule is O=C(O)N1CC2CCCC2C1. The number of rotatable bonds is 0. The van der Waals surface area contributed by atoms with Crippen LogP contribution in [0.1, 0.15) is 19.3 Å². The molecule has 2 rings (SSSR count). The van der Waals surface area contributed by atoms with Gasteiger partial charge in [0.2, 0.25) is 0 Å². The smallest absolute Gasteiger partial charge is 0.407 e. The number of hydrogen-bond donors (Lipinski definition) is 1. The molecule has 0 aromatic rings. The predicted octanol–water partition coefficient (Wildman–Crippen LogP) is 1.40. The maximum atomic E-state index is 10.6. The van der Waals surface area contributed by atoms with Gasteiger partial charge in [-0.3, -0.25) is 0 Å². The van der Waals surface area contributed by atoms with Crippen molar-refractivity contribution in [1.29, 1.82) is 0 Å². The van der Waals surface area contributed by atoms with E-state index in [-0.39, 0.29) is 0 Å². The minimum absolute atomic E-state index is 0.686. The highest BCUT2D eigenvalue weighted by Gasteiger charge is 2.37. The molecule has 2 atom stereocenters. The molecule has 3 nitrogen and oxygen atoms in total. The number of carboxylic acid groups (broad SMARTS) is 1. The molecule has 1 amide bonds. The topological polar surface area (TPSA) is 40.5 Å². The van der Waals surface area contributed by atoms with Crippen molar-refractivity contribution < 1.29 is 9.90 Å². The first kappa shape index (κ1) is 6.95. The Hall–Kier alpha value is -0.730. The van der Waals surface area contributed by atoms with Gasteiger partial charge < -0.3 is 10.0 Å². The molecule has 0 bridgehead atoms. The first-order valence-electron chi connectivity index (χ1n) is 4.25. The quantitative estimate of drug-likeness (QED) is 0.574. The number of amides is 1. The Bertz CT molecular complexity index is 169. The summed E-state index contributed by atoms with van der Waals surface area (Å²) < 4.78 is 0. The van der Waals surface area contributed by atoms with Crippen LogP contribution in [0.15, 0.2) is 0 Å². The van der Waals surface area contributed by atoms with Crippen molar-refractivity contribution in [3.8, 4) is 0 Å². The molecule has 0 aromatic carbocycles. The Balaban J connectivity index is 1.99. The molecule has 2 fully saturated rings. The van der Waals surface area contributed by atoms with Crippen LogP contribution in [0.25, 0.3) is 0 Å². The van der Waals surface area contributed by atoms with Crippen molar-refractivity contribution in [3.63, 3.8) is 0 Å². The van der Waals surface area contributed by atoms with E-state index in [9.17, 15) is 4.79 Å². The highest BCUT2D eigenvalue weighted by Crippen LogP contribution is 2.37. The summed E-state index contributed by atoms with van der Waals surface area (Å²) in [4.78, 5) is 12.1. The molecule has 2 unspecified atom stereocenters. The average Bonchev–Trinajstić information content (AvgIpc) is 2.40.